The Labute approximate surface area is 165 Å². The molecule has 0 aliphatic carbocycles. The Morgan fingerprint density at radius 3 is 2.11 bits per heavy atom. The first-order valence-corrected chi connectivity index (χ1v) is 9.86. The Morgan fingerprint density at radius 2 is 1.56 bits per heavy atom. The molecule has 1 heteroatoms. The second-order valence-electron chi connectivity index (χ2n) is 9.10. The number of benzene rings is 2. The number of rotatable bonds is 5. The van der Waals surface area contributed by atoms with Gasteiger partial charge in [0.1, 0.15) is 0 Å². The number of allylic oxidation sites excluding steroid dienone is 2. The SMILES string of the molecule is CC=CC(C)(C)c1cc(C(C)(C)C)ccc1CCc1ccc(C#N)cc1C. The van der Waals surface area contributed by atoms with Gasteiger partial charge < -0.3 is 0 Å². The Hall–Kier alpha value is -2.33. The number of hydrogen-bond donors (Lipinski definition) is 0. The van der Waals surface area contributed by atoms with Crippen LogP contribution in [0, 0.1) is 18.3 Å². The first-order chi connectivity index (χ1) is 12.6. The fourth-order valence-corrected chi connectivity index (χ4v) is 3.68. The highest BCUT2D eigenvalue weighted by molar-refractivity contribution is 5.43. The van der Waals surface area contributed by atoms with Crippen molar-refractivity contribution in [2.45, 2.75) is 72.1 Å². The predicted octanol–water partition coefficient (Wildman–Crippen LogP) is 6.80. The van der Waals surface area contributed by atoms with E-state index in [-0.39, 0.29) is 10.8 Å². The average Bonchev–Trinajstić information content (AvgIpc) is 2.59. The van der Waals surface area contributed by atoms with Crippen LogP contribution in [0.2, 0.25) is 0 Å². The molecule has 0 bridgehead atoms. The van der Waals surface area contributed by atoms with E-state index in [9.17, 15) is 0 Å². The standard InChI is InChI=1S/C26H33N/c1-8-15-26(6,7)24-17-23(25(3,4)5)14-13-22(24)12-11-21-10-9-20(18-27)16-19(21)2/h8-10,13-17H,11-12H2,1-7H3. The van der Waals surface area contributed by atoms with Crippen molar-refractivity contribution in [2.24, 2.45) is 0 Å². The van der Waals surface area contributed by atoms with Crippen LogP contribution in [-0.4, -0.2) is 0 Å². The van der Waals surface area contributed by atoms with Crippen LogP contribution in [0.3, 0.4) is 0 Å². The molecule has 0 fully saturated rings. The highest BCUT2D eigenvalue weighted by atomic mass is 14.3. The van der Waals surface area contributed by atoms with Crippen LogP contribution < -0.4 is 0 Å². The first-order valence-electron chi connectivity index (χ1n) is 9.86. The maximum atomic E-state index is 9.07. The minimum absolute atomic E-state index is 0.00501. The van der Waals surface area contributed by atoms with E-state index < -0.39 is 0 Å². The summed E-state index contributed by atoms with van der Waals surface area (Å²) >= 11 is 0. The van der Waals surface area contributed by atoms with Crippen LogP contribution in [0.15, 0.2) is 48.6 Å². The Kier molecular flexibility index (Phi) is 6.32. The maximum absolute atomic E-state index is 9.07. The van der Waals surface area contributed by atoms with Gasteiger partial charge in [-0.1, -0.05) is 71.0 Å². The smallest absolute Gasteiger partial charge is 0.0991 e. The van der Waals surface area contributed by atoms with E-state index in [0.29, 0.717) is 0 Å². The number of aryl methyl sites for hydroxylation is 3. The largest absolute Gasteiger partial charge is 0.192 e. The summed E-state index contributed by atoms with van der Waals surface area (Å²) in [5.41, 5.74) is 7.62. The minimum Gasteiger partial charge on any atom is -0.192 e. The van der Waals surface area contributed by atoms with E-state index in [4.69, 9.17) is 5.26 Å². The van der Waals surface area contributed by atoms with E-state index in [0.717, 1.165) is 18.4 Å². The zero-order chi connectivity index (χ0) is 20.2. The molecule has 2 rings (SSSR count). The maximum Gasteiger partial charge on any atom is 0.0991 e. The molecule has 0 N–H and O–H groups in total. The third-order valence-electron chi connectivity index (χ3n) is 5.39. The van der Waals surface area contributed by atoms with Gasteiger partial charge in [0.05, 0.1) is 11.6 Å². The summed E-state index contributed by atoms with van der Waals surface area (Å²) in [5, 5.41) is 9.07. The van der Waals surface area contributed by atoms with Gasteiger partial charge in [-0.05, 0) is 72.1 Å². The molecule has 0 unspecified atom stereocenters. The summed E-state index contributed by atoms with van der Waals surface area (Å²) in [4.78, 5) is 0. The van der Waals surface area contributed by atoms with Crippen molar-refractivity contribution in [1.29, 1.82) is 5.26 Å². The van der Waals surface area contributed by atoms with Gasteiger partial charge in [0.2, 0.25) is 0 Å². The fraction of sp³-hybridized carbons (Fsp3) is 0.423. The third kappa shape index (κ3) is 5.10. The molecule has 0 amide bonds. The van der Waals surface area contributed by atoms with Gasteiger partial charge in [-0.15, -0.1) is 0 Å². The Bertz CT molecular complexity index is 870. The van der Waals surface area contributed by atoms with Crippen LogP contribution in [0.25, 0.3) is 0 Å². The van der Waals surface area contributed by atoms with Gasteiger partial charge >= 0.3 is 0 Å². The van der Waals surface area contributed by atoms with E-state index >= 15 is 0 Å². The van der Waals surface area contributed by atoms with E-state index in [1.165, 1.54) is 27.8 Å². The van der Waals surface area contributed by atoms with E-state index in [1.807, 2.05) is 12.1 Å². The molecular formula is C26H33N. The second-order valence-corrected chi connectivity index (χ2v) is 9.10. The van der Waals surface area contributed by atoms with Crippen molar-refractivity contribution in [3.8, 4) is 6.07 Å². The minimum atomic E-state index is 0.00501. The topological polar surface area (TPSA) is 23.8 Å². The summed E-state index contributed by atoms with van der Waals surface area (Å²) in [7, 11) is 0. The molecular weight excluding hydrogens is 326 g/mol. The average molecular weight is 360 g/mol. The molecule has 0 saturated heterocycles. The zero-order valence-electron chi connectivity index (χ0n) is 18.0. The van der Waals surface area contributed by atoms with E-state index in [1.54, 1.807) is 0 Å². The lowest BCUT2D eigenvalue weighted by atomic mass is 9.76. The molecule has 0 aromatic heterocycles. The summed E-state index contributed by atoms with van der Waals surface area (Å²) in [6.07, 6.45) is 6.45. The number of nitriles is 1. The zero-order valence-corrected chi connectivity index (χ0v) is 18.0. The Balaban J connectivity index is 2.40. The van der Waals surface area contributed by atoms with Crippen LogP contribution in [0.1, 0.15) is 74.9 Å². The monoisotopic (exact) mass is 359 g/mol. The molecule has 2 aromatic rings. The second kappa shape index (κ2) is 8.13. The summed E-state index contributed by atoms with van der Waals surface area (Å²) in [5.74, 6) is 0. The third-order valence-corrected chi connectivity index (χ3v) is 5.39. The Morgan fingerprint density at radius 1 is 0.926 bits per heavy atom. The van der Waals surface area contributed by atoms with Gasteiger partial charge in [0.15, 0.2) is 0 Å². The molecule has 0 atom stereocenters. The summed E-state index contributed by atoms with van der Waals surface area (Å²) in [6, 6.07) is 15.3. The van der Waals surface area contributed by atoms with Crippen LogP contribution in [0.5, 0.6) is 0 Å². The molecule has 0 heterocycles. The lowest BCUT2D eigenvalue weighted by Crippen LogP contribution is -2.20. The van der Waals surface area contributed by atoms with Crippen LogP contribution >= 0.6 is 0 Å². The molecule has 0 saturated carbocycles. The number of hydrogen-bond acceptors (Lipinski definition) is 1. The van der Waals surface area contributed by atoms with Crippen LogP contribution in [0.4, 0.5) is 0 Å². The summed E-state index contributed by atoms with van der Waals surface area (Å²) in [6.45, 7) is 15.6. The summed E-state index contributed by atoms with van der Waals surface area (Å²) < 4.78 is 0. The van der Waals surface area contributed by atoms with Crippen molar-refractivity contribution in [3.63, 3.8) is 0 Å². The highest BCUT2D eigenvalue weighted by Crippen LogP contribution is 2.33. The fourth-order valence-electron chi connectivity index (χ4n) is 3.68. The normalized spacial score (nSPS) is 12.4. The molecule has 142 valence electrons. The van der Waals surface area contributed by atoms with Gasteiger partial charge in [-0.3, -0.25) is 0 Å². The molecule has 0 spiro atoms. The van der Waals surface area contributed by atoms with Crippen molar-refractivity contribution in [1.82, 2.24) is 0 Å². The molecule has 1 nitrogen and oxygen atoms in total. The number of nitrogens with zero attached hydrogens (tertiary/aromatic N) is 1. The van der Waals surface area contributed by atoms with Gasteiger partial charge in [0, 0.05) is 5.41 Å². The molecule has 0 aliphatic rings. The molecule has 2 aromatic carbocycles. The van der Waals surface area contributed by atoms with Gasteiger partial charge in [-0.25, -0.2) is 0 Å². The van der Waals surface area contributed by atoms with Crippen molar-refractivity contribution >= 4 is 0 Å². The van der Waals surface area contributed by atoms with E-state index in [2.05, 4.69) is 91.0 Å². The molecule has 0 aliphatic heterocycles. The predicted molar refractivity (Wildman–Crippen MR) is 116 cm³/mol. The molecule has 27 heavy (non-hydrogen) atoms. The van der Waals surface area contributed by atoms with Crippen molar-refractivity contribution in [3.05, 3.63) is 81.9 Å². The van der Waals surface area contributed by atoms with Gasteiger partial charge in [-0.2, -0.15) is 5.26 Å². The lowest BCUT2D eigenvalue weighted by Gasteiger charge is -2.28. The lowest BCUT2D eigenvalue weighted by molar-refractivity contribution is 0.582. The highest BCUT2D eigenvalue weighted by Gasteiger charge is 2.23. The molecule has 0 radical (unpaired) electrons. The quantitative estimate of drug-likeness (QED) is 0.538. The van der Waals surface area contributed by atoms with Crippen molar-refractivity contribution in [2.75, 3.05) is 0 Å². The van der Waals surface area contributed by atoms with Crippen LogP contribution in [-0.2, 0) is 23.7 Å². The first kappa shape index (κ1) is 21.0. The van der Waals surface area contributed by atoms with Crippen molar-refractivity contribution < 1.29 is 0 Å². The van der Waals surface area contributed by atoms with Gasteiger partial charge in [0.25, 0.3) is 0 Å².